The molecule has 6 nitrogen and oxygen atoms in total. The first-order valence-corrected chi connectivity index (χ1v) is 7.30. The molecule has 0 saturated carbocycles. The van der Waals surface area contributed by atoms with Gasteiger partial charge in [0.25, 0.3) is 0 Å². The molecule has 0 amide bonds. The van der Waals surface area contributed by atoms with Gasteiger partial charge in [-0.3, -0.25) is 9.69 Å². The van der Waals surface area contributed by atoms with Crippen LogP contribution in [0.25, 0.3) is 5.69 Å². The highest BCUT2D eigenvalue weighted by Gasteiger charge is 2.63. The Morgan fingerprint density at radius 2 is 2.00 bits per heavy atom. The Balaban J connectivity index is 1.70. The Kier molecular flexibility index (Phi) is 4.04. The second-order valence-electron chi connectivity index (χ2n) is 5.86. The zero-order valence-corrected chi connectivity index (χ0v) is 12.6. The molecule has 0 spiro atoms. The van der Waals surface area contributed by atoms with Crippen LogP contribution < -0.4 is 0 Å². The molecule has 1 aliphatic heterocycles. The van der Waals surface area contributed by atoms with Crippen molar-refractivity contribution < 1.29 is 23.1 Å². The third-order valence-corrected chi connectivity index (χ3v) is 4.33. The molecule has 1 unspecified atom stereocenters. The van der Waals surface area contributed by atoms with Crippen molar-refractivity contribution in [1.82, 2.24) is 19.9 Å². The van der Waals surface area contributed by atoms with Gasteiger partial charge < -0.3 is 5.11 Å². The standard InChI is InChI=1S/C15H15F3N4O2/c16-15(17,18)14(13(23)24)5-7-21(10-14)9-11-1-3-12(4-2-11)22-8-6-19-20-22/h1-4,6,8H,5,7,9-10H2,(H,23,24). The summed E-state index contributed by atoms with van der Waals surface area (Å²) in [4.78, 5) is 12.7. The van der Waals surface area contributed by atoms with Gasteiger partial charge in [-0.2, -0.15) is 13.2 Å². The van der Waals surface area contributed by atoms with E-state index in [1.54, 1.807) is 41.3 Å². The van der Waals surface area contributed by atoms with Crippen LogP contribution in [-0.4, -0.2) is 50.2 Å². The van der Waals surface area contributed by atoms with Gasteiger partial charge in [0.05, 0.1) is 18.1 Å². The molecule has 2 heterocycles. The molecule has 24 heavy (non-hydrogen) atoms. The molecule has 9 heteroatoms. The number of halogens is 3. The first-order valence-electron chi connectivity index (χ1n) is 7.30. The number of nitrogens with zero attached hydrogens (tertiary/aromatic N) is 4. The summed E-state index contributed by atoms with van der Waals surface area (Å²) < 4.78 is 41.1. The van der Waals surface area contributed by atoms with E-state index in [-0.39, 0.29) is 13.1 Å². The van der Waals surface area contributed by atoms with Crippen LogP contribution in [0.4, 0.5) is 13.2 Å². The van der Waals surface area contributed by atoms with Crippen LogP contribution in [0, 0.1) is 5.41 Å². The topological polar surface area (TPSA) is 71.2 Å². The van der Waals surface area contributed by atoms with Crippen molar-refractivity contribution in [1.29, 1.82) is 0 Å². The molecule has 1 N–H and O–H groups in total. The van der Waals surface area contributed by atoms with Crippen molar-refractivity contribution in [2.45, 2.75) is 19.1 Å². The number of carboxylic acid groups (broad SMARTS) is 1. The molecular formula is C15H15F3N4O2. The van der Waals surface area contributed by atoms with Crippen LogP contribution in [-0.2, 0) is 11.3 Å². The highest BCUT2D eigenvalue weighted by Crippen LogP contribution is 2.45. The molecule has 1 fully saturated rings. The van der Waals surface area contributed by atoms with Gasteiger partial charge in [-0.1, -0.05) is 17.3 Å². The highest BCUT2D eigenvalue weighted by molar-refractivity contribution is 5.76. The fourth-order valence-electron chi connectivity index (χ4n) is 2.91. The Bertz CT molecular complexity index is 715. The summed E-state index contributed by atoms with van der Waals surface area (Å²) in [6, 6.07) is 7.14. The van der Waals surface area contributed by atoms with Gasteiger partial charge in [0.15, 0.2) is 5.41 Å². The maximum absolute atomic E-state index is 13.2. The zero-order valence-electron chi connectivity index (χ0n) is 12.6. The molecule has 0 aliphatic carbocycles. The summed E-state index contributed by atoms with van der Waals surface area (Å²) in [6.45, 7) is -0.171. The molecule has 1 aromatic carbocycles. The molecule has 1 aliphatic rings. The average molecular weight is 340 g/mol. The third-order valence-electron chi connectivity index (χ3n) is 4.33. The summed E-state index contributed by atoms with van der Waals surface area (Å²) in [5, 5.41) is 16.6. The summed E-state index contributed by atoms with van der Waals surface area (Å²) in [7, 11) is 0. The molecule has 2 aromatic rings. The van der Waals surface area contributed by atoms with E-state index < -0.39 is 30.5 Å². The summed E-state index contributed by atoms with van der Waals surface area (Å²) in [5.41, 5.74) is -1.08. The lowest BCUT2D eigenvalue weighted by molar-refractivity contribution is -0.227. The second-order valence-corrected chi connectivity index (χ2v) is 5.86. The van der Waals surface area contributed by atoms with Gasteiger partial charge in [0.1, 0.15) is 0 Å². The first kappa shape index (κ1) is 16.4. The van der Waals surface area contributed by atoms with E-state index in [0.717, 1.165) is 11.3 Å². The largest absolute Gasteiger partial charge is 0.481 e. The number of hydrogen-bond acceptors (Lipinski definition) is 4. The van der Waals surface area contributed by atoms with E-state index in [4.69, 9.17) is 5.11 Å². The van der Waals surface area contributed by atoms with Gasteiger partial charge in [-0.15, -0.1) is 5.10 Å². The fourth-order valence-corrected chi connectivity index (χ4v) is 2.91. The van der Waals surface area contributed by atoms with Crippen LogP contribution >= 0.6 is 0 Å². The lowest BCUT2D eigenvalue weighted by Gasteiger charge is -2.27. The highest BCUT2D eigenvalue weighted by atomic mass is 19.4. The van der Waals surface area contributed by atoms with Gasteiger partial charge in [0.2, 0.25) is 0 Å². The molecule has 1 aromatic heterocycles. The lowest BCUT2D eigenvalue weighted by Crippen LogP contribution is -2.47. The Morgan fingerprint density at radius 1 is 1.29 bits per heavy atom. The maximum atomic E-state index is 13.2. The fraction of sp³-hybridized carbons (Fsp3) is 0.400. The number of aliphatic carboxylic acids is 1. The van der Waals surface area contributed by atoms with Crippen molar-refractivity contribution in [3.05, 3.63) is 42.2 Å². The van der Waals surface area contributed by atoms with Crippen molar-refractivity contribution in [2.75, 3.05) is 13.1 Å². The predicted octanol–water partition coefficient (Wildman–Crippen LogP) is 2.11. The van der Waals surface area contributed by atoms with Gasteiger partial charge in [-0.05, 0) is 24.1 Å². The van der Waals surface area contributed by atoms with E-state index in [1.165, 1.54) is 4.90 Å². The number of alkyl halides is 3. The van der Waals surface area contributed by atoms with Crippen molar-refractivity contribution >= 4 is 5.97 Å². The number of hydrogen-bond donors (Lipinski definition) is 1. The maximum Gasteiger partial charge on any atom is 0.406 e. The second kappa shape index (κ2) is 5.90. The normalized spacial score (nSPS) is 22.0. The molecule has 1 saturated heterocycles. The number of carbonyl (C=O) groups is 1. The molecule has 128 valence electrons. The lowest BCUT2D eigenvalue weighted by atomic mass is 9.86. The van der Waals surface area contributed by atoms with Gasteiger partial charge in [-0.25, -0.2) is 4.68 Å². The van der Waals surface area contributed by atoms with Crippen LogP contribution in [0.15, 0.2) is 36.7 Å². The molecule has 0 bridgehead atoms. The van der Waals surface area contributed by atoms with E-state index in [0.29, 0.717) is 0 Å². The van der Waals surface area contributed by atoms with Gasteiger partial charge >= 0.3 is 12.1 Å². The number of rotatable bonds is 4. The minimum absolute atomic E-state index is 0.0939. The monoisotopic (exact) mass is 340 g/mol. The molecular weight excluding hydrogens is 325 g/mol. The number of benzene rings is 1. The van der Waals surface area contributed by atoms with Gasteiger partial charge in [0, 0.05) is 19.6 Å². The molecule has 1 atom stereocenters. The van der Waals surface area contributed by atoms with E-state index in [1.807, 2.05) is 0 Å². The predicted molar refractivity (Wildman–Crippen MR) is 77.4 cm³/mol. The van der Waals surface area contributed by atoms with Crippen LogP contribution in [0.2, 0.25) is 0 Å². The van der Waals surface area contributed by atoms with Crippen molar-refractivity contribution in [3.63, 3.8) is 0 Å². The SMILES string of the molecule is O=C(O)C1(C(F)(F)F)CCN(Cc2ccc(-n3ccnn3)cc2)C1. The Morgan fingerprint density at radius 3 is 2.50 bits per heavy atom. The number of carboxylic acids is 1. The Labute approximate surface area is 135 Å². The van der Waals surface area contributed by atoms with E-state index in [9.17, 15) is 18.0 Å². The van der Waals surface area contributed by atoms with Crippen molar-refractivity contribution in [2.24, 2.45) is 5.41 Å². The third kappa shape index (κ3) is 2.86. The van der Waals surface area contributed by atoms with E-state index in [2.05, 4.69) is 10.3 Å². The summed E-state index contributed by atoms with van der Waals surface area (Å²) in [5.74, 6) is -1.81. The number of likely N-dealkylation sites (tertiary alicyclic amines) is 1. The smallest absolute Gasteiger partial charge is 0.406 e. The van der Waals surface area contributed by atoms with E-state index >= 15 is 0 Å². The van der Waals surface area contributed by atoms with Crippen LogP contribution in [0.1, 0.15) is 12.0 Å². The minimum atomic E-state index is -4.76. The van der Waals surface area contributed by atoms with Crippen molar-refractivity contribution in [3.8, 4) is 5.69 Å². The Hall–Kier alpha value is -2.42. The average Bonchev–Trinajstić information content (AvgIpc) is 3.17. The summed E-state index contributed by atoms with van der Waals surface area (Å²) >= 11 is 0. The number of aromatic nitrogens is 3. The quantitative estimate of drug-likeness (QED) is 0.923. The van der Waals surface area contributed by atoms with Crippen LogP contribution in [0.3, 0.4) is 0 Å². The molecule has 3 rings (SSSR count). The summed E-state index contributed by atoms with van der Waals surface area (Å²) in [6.07, 6.45) is -1.96. The van der Waals surface area contributed by atoms with Crippen LogP contribution in [0.5, 0.6) is 0 Å². The molecule has 0 radical (unpaired) electrons. The minimum Gasteiger partial charge on any atom is -0.481 e. The zero-order chi connectivity index (χ0) is 17.4. The first-order chi connectivity index (χ1) is 11.3.